The normalized spacial score (nSPS) is 10.3. The highest BCUT2D eigenvalue weighted by Gasteiger charge is 2.19. The zero-order chi connectivity index (χ0) is 15.6. The van der Waals surface area contributed by atoms with Crippen LogP contribution < -0.4 is 9.47 Å². The highest BCUT2D eigenvalue weighted by atomic mass is 35.5. The first kappa shape index (κ1) is 15.6. The number of hydrogen-bond donors (Lipinski definition) is 0. The molecule has 0 aliphatic carbocycles. The monoisotopic (exact) mass is 348 g/mol. The molecule has 0 spiro atoms. The van der Waals surface area contributed by atoms with Gasteiger partial charge in [0.2, 0.25) is 11.6 Å². The molecule has 6 nitrogen and oxygen atoms in total. The maximum Gasteiger partial charge on any atom is 0.315 e. The number of halogens is 3. The molecular formula is C12H7Cl3N2O4. The molecule has 1 aromatic carbocycles. The van der Waals surface area contributed by atoms with Crippen molar-refractivity contribution in [1.82, 2.24) is 4.98 Å². The Labute approximate surface area is 134 Å². The first-order valence-corrected chi connectivity index (χ1v) is 6.57. The summed E-state index contributed by atoms with van der Waals surface area (Å²) in [6.07, 6.45) is 0. The van der Waals surface area contributed by atoms with Crippen molar-refractivity contribution in [3.63, 3.8) is 0 Å². The maximum atomic E-state index is 11.1. The van der Waals surface area contributed by atoms with Crippen LogP contribution in [0.4, 0.5) is 5.69 Å². The number of methoxy groups -OCH3 is 1. The van der Waals surface area contributed by atoms with Gasteiger partial charge in [-0.15, -0.1) is 0 Å². The summed E-state index contributed by atoms with van der Waals surface area (Å²) in [5.41, 5.74) is -0.293. The number of aromatic nitrogens is 1. The number of benzene rings is 1. The number of nitro groups is 1. The van der Waals surface area contributed by atoms with Gasteiger partial charge in [0.05, 0.1) is 23.1 Å². The lowest BCUT2D eigenvalue weighted by atomic mass is 10.3. The SMILES string of the molecule is COc1ccc(Oc2nc(Cl)c(Cl)cc2Cl)c([N+](=O)[O-])c1. The lowest BCUT2D eigenvalue weighted by Gasteiger charge is -2.09. The molecule has 0 fully saturated rings. The van der Waals surface area contributed by atoms with E-state index >= 15 is 0 Å². The van der Waals surface area contributed by atoms with Crippen molar-refractivity contribution >= 4 is 40.5 Å². The molecule has 110 valence electrons. The van der Waals surface area contributed by atoms with Gasteiger partial charge in [0.1, 0.15) is 10.8 Å². The lowest BCUT2D eigenvalue weighted by molar-refractivity contribution is -0.385. The Morgan fingerprint density at radius 2 is 1.90 bits per heavy atom. The van der Waals surface area contributed by atoms with Crippen LogP contribution in [0.25, 0.3) is 0 Å². The average Bonchev–Trinajstić information content (AvgIpc) is 2.44. The van der Waals surface area contributed by atoms with Crippen molar-refractivity contribution in [1.29, 1.82) is 0 Å². The second kappa shape index (κ2) is 6.34. The van der Waals surface area contributed by atoms with E-state index in [0.717, 1.165) is 0 Å². The summed E-state index contributed by atoms with van der Waals surface area (Å²) in [4.78, 5) is 14.3. The lowest BCUT2D eigenvalue weighted by Crippen LogP contribution is -1.96. The third kappa shape index (κ3) is 3.47. The quantitative estimate of drug-likeness (QED) is 0.452. The van der Waals surface area contributed by atoms with Crippen molar-refractivity contribution in [2.75, 3.05) is 7.11 Å². The first-order valence-electron chi connectivity index (χ1n) is 5.44. The minimum atomic E-state index is -0.608. The van der Waals surface area contributed by atoms with Crippen LogP contribution in [0.2, 0.25) is 15.2 Å². The van der Waals surface area contributed by atoms with Crippen LogP contribution in [0.3, 0.4) is 0 Å². The molecule has 0 saturated heterocycles. The van der Waals surface area contributed by atoms with Gasteiger partial charge in [-0.3, -0.25) is 10.1 Å². The van der Waals surface area contributed by atoms with Crippen molar-refractivity contribution < 1.29 is 14.4 Å². The van der Waals surface area contributed by atoms with E-state index in [1.807, 2.05) is 0 Å². The van der Waals surface area contributed by atoms with Crippen LogP contribution in [0.5, 0.6) is 17.4 Å². The summed E-state index contributed by atoms with van der Waals surface area (Å²) in [7, 11) is 1.40. The zero-order valence-electron chi connectivity index (χ0n) is 10.5. The van der Waals surface area contributed by atoms with E-state index in [4.69, 9.17) is 44.3 Å². The number of ether oxygens (including phenoxy) is 2. The van der Waals surface area contributed by atoms with E-state index in [-0.39, 0.29) is 32.5 Å². The number of nitrogens with zero attached hydrogens (tertiary/aromatic N) is 2. The predicted molar refractivity (Wildman–Crippen MR) is 79.0 cm³/mol. The van der Waals surface area contributed by atoms with Crippen LogP contribution >= 0.6 is 34.8 Å². The van der Waals surface area contributed by atoms with E-state index < -0.39 is 4.92 Å². The molecule has 1 heterocycles. The molecule has 0 saturated carbocycles. The van der Waals surface area contributed by atoms with Crippen LogP contribution in [-0.2, 0) is 0 Å². The molecule has 0 amide bonds. The van der Waals surface area contributed by atoms with Crippen LogP contribution in [-0.4, -0.2) is 17.0 Å². The number of hydrogen-bond acceptors (Lipinski definition) is 5. The van der Waals surface area contributed by atoms with Crippen LogP contribution in [0, 0.1) is 10.1 Å². The Kier molecular flexibility index (Phi) is 4.72. The third-order valence-corrected chi connectivity index (χ3v) is 3.37. The second-order valence-electron chi connectivity index (χ2n) is 3.74. The smallest absolute Gasteiger partial charge is 0.315 e. The van der Waals surface area contributed by atoms with Gasteiger partial charge in [-0.1, -0.05) is 34.8 Å². The van der Waals surface area contributed by atoms with Gasteiger partial charge in [0.25, 0.3) is 0 Å². The molecule has 0 unspecified atom stereocenters. The summed E-state index contributed by atoms with van der Waals surface area (Å²) < 4.78 is 10.3. The molecule has 0 bridgehead atoms. The zero-order valence-corrected chi connectivity index (χ0v) is 12.7. The maximum absolute atomic E-state index is 11.1. The molecule has 21 heavy (non-hydrogen) atoms. The van der Waals surface area contributed by atoms with E-state index in [0.29, 0.717) is 5.75 Å². The summed E-state index contributed by atoms with van der Waals surface area (Å²) in [6.45, 7) is 0. The minimum absolute atomic E-state index is 0.0211. The largest absolute Gasteiger partial charge is 0.496 e. The van der Waals surface area contributed by atoms with E-state index in [1.54, 1.807) is 0 Å². The van der Waals surface area contributed by atoms with Gasteiger partial charge in [-0.25, -0.2) is 0 Å². The Morgan fingerprint density at radius 1 is 1.19 bits per heavy atom. The fourth-order valence-corrected chi connectivity index (χ4v) is 1.99. The van der Waals surface area contributed by atoms with E-state index in [2.05, 4.69) is 4.98 Å². The highest BCUT2D eigenvalue weighted by molar-refractivity contribution is 6.42. The van der Waals surface area contributed by atoms with Gasteiger partial charge in [-0.2, -0.15) is 4.98 Å². The average molecular weight is 350 g/mol. The topological polar surface area (TPSA) is 74.5 Å². The van der Waals surface area contributed by atoms with E-state index in [1.165, 1.54) is 31.4 Å². The van der Waals surface area contributed by atoms with Gasteiger partial charge in [0.15, 0.2) is 5.15 Å². The Hall–Kier alpha value is -1.76. The molecule has 0 atom stereocenters. The third-order valence-electron chi connectivity index (χ3n) is 2.42. The summed E-state index contributed by atoms with van der Waals surface area (Å²) >= 11 is 17.4. The second-order valence-corrected chi connectivity index (χ2v) is 4.91. The first-order chi connectivity index (χ1) is 9.92. The molecule has 0 N–H and O–H groups in total. The van der Waals surface area contributed by atoms with Crippen LogP contribution in [0.15, 0.2) is 24.3 Å². The highest BCUT2D eigenvalue weighted by Crippen LogP contribution is 2.38. The van der Waals surface area contributed by atoms with Gasteiger partial charge >= 0.3 is 5.69 Å². The number of nitro benzene ring substituents is 1. The minimum Gasteiger partial charge on any atom is -0.496 e. The van der Waals surface area contributed by atoms with Crippen molar-refractivity contribution in [2.45, 2.75) is 0 Å². The van der Waals surface area contributed by atoms with Crippen molar-refractivity contribution in [2.24, 2.45) is 0 Å². The molecule has 1 aromatic heterocycles. The summed E-state index contributed by atoms with van der Waals surface area (Å²) in [5, 5.41) is 11.3. The molecular weight excluding hydrogens is 343 g/mol. The van der Waals surface area contributed by atoms with Gasteiger partial charge in [-0.05, 0) is 18.2 Å². The van der Waals surface area contributed by atoms with Crippen molar-refractivity contribution in [3.05, 3.63) is 49.6 Å². The van der Waals surface area contributed by atoms with Crippen molar-refractivity contribution in [3.8, 4) is 17.4 Å². The molecule has 2 rings (SSSR count). The predicted octanol–water partition coefficient (Wildman–Crippen LogP) is 4.75. The van der Waals surface area contributed by atoms with E-state index in [9.17, 15) is 10.1 Å². The van der Waals surface area contributed by atoms with Gasteiger partial charge < -0.3 is 9.47 Å². The molecule has 0 radical (unpaired) electrons. The fourth-order valence-electron chi connectivity index (χ4n) is 1.46. The molecule has 0 aliphatic heterocycles. The van der Waals surface area contributed by atoms with Crippen LogP contribution in [0.1, 0.15) is 0 Å². The molecule has 0 aliphatic rings. The Balaban J connectivity index is 2.44. The number of pyridine rings is 1. The fraction of sp³-hybridized carbons (Fsp3) is 0.0833. The molecule has 9 heteroatoms. The standard InChI is InChI=1S/C12H7Cl3N2O4/c1-20-6-2-3-10(9(4-6)17(18)19)21-12-8(14)5-7(13)11(15)16-12/h2-5H,1H3. The number of rotatable bonds is 4. The van der Waals surface area contributed by atoms with Gasteiger partial charge in [0, 0.05) is 0 Å². The Morgan fingerprint density at radius 3 is 2.52 bits per heavy atom. The summed E-state index contributed by atoms with van der Waals surface area (Å²) in [5.74, 6) is 0.190. The summed E-state index contributed by atoms with van der Waals surface area (Å²) in [6, 6.07) is 5.44. The Bertz CT molecular complexity index is 709. The molecule has 2 aromatic rings.